The van der Waals surface area contributed by atoms with E-state index in [1.165, 1.54) is 0 Å². The van der Waals surface area contributed by atoms with E-state index in [0.29, 0.717) is 11.9 Å². The van der Waals surface area contributed by atoms with Gasteiger partial charge in [0.2, 0.25) is 5.13 Å². The predicted octanol–water partition coefficient (Wildman–Crippen LogP) is 4.93. The molecule has 0 bridgehead atoms. The minimum atomic E-state index is 0.290. The Morgan fingerprint density at radius 2 is 2.23 bits per heavy atom. The number of nitrogens with zero attached hydrogens (tertiary/aromatic N) is 3. The maximum atomic E-state index is 6.53. The largest absolute Gasteiger partial charge is 0.376 e. The zero-order chi connectivity index (χ0) is 17.9. The van der Waals surface area contributed by atoms with E-state index >= 15 is 0 Å². The van der Waals surface area contributed by atoms with Crippen LogP contribution < -0.4 is 5.32 Å². The SMILES string of the molecule is Cc1c(Cl)c(CSc2nnc(NC[C@@H]3CCCO3)s2)nc2ccccc12. The summed E-state index contributed by atoms with van der Waals surface area (Å²) in [5.74, 6) is 0.672. The zero-order valence-corrected chi connectivity index (χ0v) is 16.8. The Labute approximate surface area is 165 Å². The fourth-order valence-corrected chi connectivity index (χ4v) is 4.98. The first-order chi connectivity index (χ1) is 12.7. The second-order valence-electron chi connectivity index (χ2n) is 6.19. The van der Waals surface area contributed by atoms with Gasteiger partial charge in [-0.3, -0.25) is 4.98 Å². The van der Waals surface area contributed by atoms with Gasteiger partial charge >= 0.3 is 0 Å². The lowest BCUT2D eigenvalue weighted by atomic mass is 10.1. The molecule has 4 rings (SSSR count). The maximum Gasteiger partial charge on any atom is 0.206 e. The van der Waals surface area contributed by atoms with Crippen molar-refractivity contribution < 1.29 is 4.74 Å². The highest BCUT2D eigenvalue weighted by atomic mass is 35.5. The lowest BCUT2D eigenvalue weighted by molar-refractivity contribution is 0.120. The number of nitrogens with one attached hydrogen (secondary N) is 1. The van der Waals surface area contributed by atoms with Crippen LogP contribution in [-0.4, -0.2) is 34.4 Å². The molecule has 1 aliphatic rings. The molecule has 1 atom stereocenters. The number of thioether (sulfide) groups is 1. The maximum absolute atomic E-state index is 6.53. The normalized spacial score (nSPS) is 17.1. The third-order valence-corrected chi connectivity index (χ3v) is 6.92. The van der Waals surface area contributed by atoms with Crippen LogP contribution in [-0.2, 0) is 10.5 Å². The molecule has 1 aromatic carbocycles. The summed E-state index contributed by atoms with van der Waals surface area (Å²) in [6.45, 7) is 3.69. The quantitative estimate of drug-likeness (QED) is 0.585. The Kier molecular flexibility index (Phi) is 5.59. The van der Waals surface area contributed by atoms with Crippen molar-refractivity contribution in [3.63, 3.8) is 0 Å². The van der Waals surface area contributed by atoms with Gasteiger partial charge in [0.25, 0.3) is 0 Å². The van der Waals surface area contributed by atoms with E-state index in [1.807, 2.05) is 25.1 Å². The van der Waals surface area contributed by atoms with Crippen molar-refractivity contribution in [3.05, 3.63) is 40.5 Å². The summed E-state index contributed by atoms with van der Waals surface area (Å²) < 4.78 is 6.52. The molecule has 26 heavy (non-hydrogen) atoms. The van der Waals surface area contributed by atoms with E-state index in [4.69, 9.17) is 21.3 Å². The summed E-state index contributed by atoms with van der Waals surface area (Å²) in [6, 6.07) is 8.08. The Morgan fingerprint density at radius 3 is 3.08 bits per heavy atom. The Balaban J connectivity index is 1.41. The molecule has 1 saturated heterocycles. The molecule has 0 aliphatic carbocycles. The molecule has 2 aromatic heterocycles. The highest BCUT2D eigenvalue weighted by Gasteiger charge is 2.16. The second kappa shape index (κ2) is 8.08. The van der Waals surface area contributed by atoms with Crippen LogP contribution in [0.1, 0.15) is 24.1 Å². The number of anilines is 1. The van der Waals surface area contributed by atoms with Crippen molar-refractivity contribution in [3.8, 4) is 0 Å². The summed E-state index contributed by atoms with van der Waals surface area (Å²) in [5.41, 5.74) is 2.93. The standard InChI is InChI=1S/C18H19ClN4OS2/c1-11-13-6-2-3-7-14(13)21-15(16(11)19)10-25-18-23-22-17(26-18)20-9-12-5-4-8-24-12/h2-3,6-7,12H,4-5,8-10H2,1H3,(H,20,22)/t12-/m0/s1. The molecular formula is C18H19ClN4OS2. The number of hydrogen-bond donors (Lipinski definition) is 1. The second-order valence-corrected chi connectivity index (χ2v) is 8.77. The fraction of sp³-hybridized carbons (Fsp3) is 0.389. The first-order valence-corrected chi connectivity index (χ1v) is 10.7. The monoisotopic (exact) mass is 406 g/mol. The van der Waals surface area contributed by atoms with Gasteiger partial charge in [-0.2, -0.15) is 0 Å². The molecular weight excluding hydrogens is 388 g/mol. The number of halogens is 1. The summed E-state index contributed by atoms with van der Waals surface area (Å²) in [4.78, 5) is 4.72. The Morgan fingerprint density at radius 1 is 1.35 bits per heavy atom. The molecule has 3 aromatic rings. The van der Waals surface area contributed by atoms with Crippen LogP contribution in [0.25, 0.3) is 10.9 Å². The van der Waals surface area contributed by atoms with Crippen molar-refractivity contribution in [2.45, 2.75) is 36.0 Å². The van der Waals surface area contributed by atoms with Crippen molar-refractivity contribution in [1.82, 2.24) is 15.2 Å². The van der Waals surface area contributed by atoms with Gasteiger partial charge in [-0.05, 0) is 31.4 Å². The van der Waals surface area contributed by atoms with Gasteiger partial charge < -0.3 is 10.1 Å². The smallest absolute Gasteiger partial charge is 0.206 e. The Bertz CT molecular complexity index is 911. The summed E-state index contributed by atoms with van der Waals surface area (Å²) in [7, 11) is 0. The number of aryl methyl sites for hydroxylation is 1. The molecule has 3 heterocycles. The molecule has 8 heteroatoms. The van der Waals surface area contributed by atoms with Crippen LogP contribution in [0.5, 0.6) is 0 Å². The highest BCUT2D eigenvalue weighted by molar-refractivity contribution is 8.00. The number of benzene rings is 1. The molecule has 1 fully saturated rings. The number of fused-ring (bicyclic) bond motifs is 1. The number of hydrogen-bond acceptors (Lipinski definition) is 7. The molecule has 0 unspecified atom stereocenters. The van der Waals surface area contributed by atoms with Crippen molar-refractivity contribution in [1.29, 1.82) is 0 Å². The highest BCUT2D eigenvalue weighted by Crippen LogP contribution is 2.33. The molecule has 0 spiro atoms. The predicted molar refractivity (Wildman–Crippen MR) is 108 cm³/mol. The average Bonchev–Trinajstić information content (AvgIpc) is 3.33. The van der Waals surface area contributed by atoms with E-state index in [1.54, 1.807) is 23.1 Å². The zero-order valence-electron chi connectivity index (χ0n) is 14.4. The summed E-state index contributed by atoms with van der Waals surface area (Å²) in [6.07, 6.45) is 2.54. The summed E-state index contributed by atoms with van der Waals surface area (Å²) in [5, 5.41) is 14.4. The van der Waals surface area contributed by atoms with E-state index in [-0.39, 0.29) is 0 Å². The number of para-hydroxylation sites is 1. The van der Waals surface area contributed by atoms with Gasteiger partial charge in [0, 0.05) is 24.3 Å². The topological polar surface area (TPSA) is 59.9 Å². The molecule has 136 valence electrons. The number of pyridine rings is 1. The Hall–Kier alpha value is -1.41. The molecule has 1 aliphatic heterocycles. The van der Waals surface area contributed by atoms with Crippen LogP contribution in [0, 0.1) is 6.92 Å². The van der Waals surface area contributed by atoms with Crippen molar-refractivity contribution in [2.75, 3.05) is 18.5 Å². The van der Waals surface area contributed by atoms with E-state index < -0.39 is 0 Å². The van der Waals surface area contributed by atoms with Gasteiger partial charge in [-0.25, -0.2) is 0 Å². The van der Waals surface area contributed by atoms with Gasteiger partial charge in [0.1, 0.15) is 0 Å². The summed E-state index contributed by atoms with van der Waals surface area (Å²) >= 11 is 9.69. The van der Waals surface area contributed by atoms with Gasteiger partial charge in [0.05, 0.1) is 22.3 Å². The van der Waals surface area contributed by atoms with Crippen molar-refractivity contribution >= 4 is 50.7 Å². The van der Waals surface area contributed by atoms with Gasteiger partial charge in [-0.15, -0.1) is 10.2 Å². The minimum Gasteiger partial charge on any atom is -0.376 e. The van der Waals surface area contributed by atoms with Crippen LogP contribution in [0.2, 0.25) is 5.02 Å². The van der Waals surface area contributed by atoms with E-state index in [9.17, 15) is 0 Å². The molecule has 1 N–H and O–H groups in total. The molecule has 0 saturated carbocycles. The van der Waals surface area contributed by atoms with Crippen LogP contribution in [0.15, 0.2) is 28.6 Å². The van der Waals surface area contributed by atoms with Gasteiger partial charge in [0.15, 0.2) is 4.34 Å². The lowest BCUT2D eigenvalue weighted by Gasteiger charge is -2.09. The van der Waals surface area contributed by atoms with Gasteiger partial charge in [-0.1, -0.05) is 52.9 Å². The third-order valence-electron chi connectivity index (χ3n) is 4.39. The number of rotatable bonds is 6. The van der Waals surface area contributed by atoms with E-state index in [0.717, 1.165) is 62.6 Å². The average molecular weight is 407 g/mol. The van der Waals surface area contributed by atoms with E-state index in [2.05, 4.69) is 21.6 Å². The molecule has 5 nitrogen and oxygen atoms in total. The minimum absolute atomic E-state index is 0.290. The van der Waals surface area contributed by atoms with Crippen molar-refractivity contribution in [2.24, 2.45) is 0 Å². The molecule has 0 radical (unpaired) electrons. The lowest BCUT2D eigenvalue weighted by Crippen LogP contribution is -2.18. The first kappa shape index (κ1) is 18.0. The number of aromatic nitrogens is 3. The fourth-order valence-electron chi connectivity index (χ4n) is 2.99. The van der Waals surface area contributed by atoms with Crippen LogP contribution in [0.3, 0.4) is 0 Å². The third kappa shape index (κ3) is 3.96. The number of ether oxygens (including phenoxy) is 1. The van der Waals surface area contributed by atoms with Crippen LogP contribution >= 0.6 is 34.7 Å². The molecule has 0 amide bonds. The van der Waals surface area contributed by atoms with Crippen LogP contribution in [0.4, 0.5) is 5.13 Å². The first-order valence-electron chi connectivity index (χ1n) is 8.56.